The van der Waals surface area contributed by atoms with Crippen LogP contribution in [0.25, 0.3) is 0 Å². The third-order valence-electron chi connectivity index (χ3n) is 2.84. The molecule has 0 aliphatic rings. The topological polar surface area (TPSA) is 83.5 Å². The molecule has 4 nitrogen and oxygen atoms in total. The molecule has 0 spiro atoms. The molecule has 0 saturated carbocycles. The summed E-state index contributed by atoms with van der Waals surface area (Å²) in [6, 6.07) is 16.2. The number of anilines is 1. The zero-order chi connectivity index (χ0) is 14.5. The fourth-order valence-corrected chi connectivity index (χ4v) is 2.99. The van der Waals surface area contributed by atoms with Gasteiger partial charge in [-0.3, -0.25) is 0 Å². The van der Waals surface area contributed by atoms with Crippen molar-refractivity contribution in [3.63, 3.8) is 0 Å². The Bertz CT molecular complexity index is 589. The first-order valence-corrected chi connectivity index (χ1v) is 6.94. The zero-order valence-corrected chi connectivity index (χ0v) is 11.5. The highest BCUT2D eigenvalue weighted by Gasteiger charge is 2.28. The average molecular weight is 289 g/mol. The first-order valence-electron chi connectivity index (χ1n) is 6.06. The molecule has 2 rings (SSSR count). The largest absolute Gasteiger partial charge is 0.479 e. The number of benzene rings is 2. The number of para-hydroxylation sites is 1. The minimum atomic E-state index is -1.50. The quantitative estimate of drug-likeness (QED) is 0.582. The molecule has 0 bridgehead atoms. The Morgan fingerprint density at radius 3 is 2.25 bits per heavy atom. The minimum absolute atomic E-state index is 0.566. The molecular weight excluding hydrogens is 274 g/mol. The summed E-state index contributed by atoms with van der Waals surface area (Å²) < 4.78 is 0. The van der Waals surface area contributed by atoms with Gasteiger partial charge in [0.15, 0.2) is 6.10 Å². The van der Waals surface area contributed by atoms with Crippen LogP contribution in [0.4, 0.5) is 5.69 Å². The van der Waals surface area contributed by atoms with Gasteiger partial charge in [-0.1, -0.05) is 42.5 Å². The number of aliphatic hydroxyl groups is 1. The van der Waals surface area contributed by atoms with Crippen LogP contribution in [0.3, 0.4) is 0 Å². The second kappa shape index (κ2) is 6.45. The summed E-state index contributed by atoms with van der Waals surface area (Å²) in [5, 5.41) is 18.4. The maximum absolute atomic E-state index is 11.1. The summed E-state index contributed by atoms with van der Waals surface area (Å²) in [4.78, 5) is 11.8. The van der Waals surface area contributed by atoms with Crippen LogP contribution in [0, 0.1) is 0 Å². The van der Waals surface area contributed by atoms with E-state index in [9.17, 15) is 9.90 Å². The van der Waals surface area contributed by atoms with Crippen LogP contribution in [0.15, 0.2) is 59.5 Å². The van der Waals surface area contributed by atoms with Gasteiger partial charge in [0.25, 0.3) is 0 Å². The van der Waals surface area contributed by atoms with Crippen molar-refractivity contribution in [2.45, 2.75) is 16.2 Å². The maximum Gasteiger partial charge on any atom is 0.334 e. The number of nitrogen functional groups attached to an aromatic ring is 1. The van der Waals surface area contributed by atoms with E-state index in [2.05, 4.69) is 0 Å². The standard InChI is InChI=1S/C15H15NO3S/c16-11-8-4-5-9-12(11)20-14(13(17)15(18)19)10-6-2-1-3-7-10/h1-9,13-14,17H,16H2,(H,18,19)/t13-,14+/m0/s1. The lowest BCUT2D eigenvalue weighted by molar-refractivity contribution is -0.146. The van der Waals surface area contributed by atoms with Gasteiger partial charge in [-0.15, -0.1) is 11.8 Å². The highest BCUT2D eigenvalue weighted by Crippen LogP contribution is 2.40. The smallest absolute Gasteiger partial charge is 0.334 e. The number of aliphatic carboxylic acids is 1. The number of carboxylic acids is 1. The molecule has 0 fully saturated rings. The summed E-state index contributed by atoms with van der Waals surface area (Å²) in [7, 11) is 0. The molecule has 4 N–H and O–H groups in total. The fraction of sp³-hybridized carbons (Fsp3) is 0.133. The molecular formula is C15H15NO3S. The van der Waals surface area contributed by atoms with Crippen molar-refractivity contribution >= 4 is 23.4 Å². The molecule has 5 heteroatoms. The number of hydrogen-bond donors (Lipinski definition) is 3. The molecule has 0 aliphatic heterocycles. The van der Waals surface area contributed by atoms with Crippen LogP contribution in [-0.4, -0.2) is 22.3 Å². The highest BCUT2D eigenvalue weighted by atomic mass is 32.2. The van der Waals surface area contributed by atoms with Crippen LogP contribution in [0.2, 0.25) is 0 Å². The second-order valence-corrected chi connectivity index (χ2v) is 5.45. The van der Waals surface area contributed by atoms with Crippen LogP contribution >= 0.6 is 11.8 Å². The van der Waals surface area contributed by atoms with Gasteiger partial charge in [0.05, 0.1) is 5.25 Å². The number of carbonyl (C=O) groups is 1. The summed E-state index contributed by atoms with van der Waals surface area (Å²) in [6.07, 6.45) is -1.50. The van der Waals surface area contributed by atoms with Crippen molar-refractivity contribution < 1.29 is 15.0 Å². The molecule has 0 unspecified atom stereocenters. The first kappa shape index (κ1) is 14.4. The van der Waals surface area contributed by atoms with E-state index < -0.39 is 17.3 Å². The third kappa shape index (κ3) is 3.31. The van der Waals surface area contributed by atoms with Crippen molar-refractivity contribution in [1.82, 2.24) is 0 Å². The Morgan fingerprint density at radius 2 is 1.65 bits per heavy atom. The third-order valence-corrected chi connectivity index (χ3v) is 4.25. The van der Waals surface area contributed by atoms with Gasteiger partial charge in [0, 0.05) is 10.6 Å². The lowest BCUT2D eigenvalue weighted by atomic mass is 10.1. The van der Waals surface area contributed by atoms with Crippen LogP contribution in [-0.2, 0) is 4.79 Å². The fourth-order valence-electron chi connectivity index (χ4n) is 1.81. The lowest BCUT2D eigenvalue weighted by Crippen LogP contribution is -2.25. The summed E-state index contributed by atoms with van der Waals surface area (Å²) in [5.41, 5.74) is 7.19. The SMILES string of the molecule is Nc1ccccc1S[C@H](c1ccccc1)[C@H](O)C(=O)O. The summed E-state index contributed by atoms with van der Waals surface area (Å²) >= 11 is 1.25. The average Bonchev–Trinajstić information content (AvgIpc) is 2.46. The molecule has 0 aromatic heterocycles. The van der Waals surface area contributed by atoms with Gasteiger partial charge in [0.1, 0.15) is 0 Å². The molecule has 0 radical (unpaired) electrons. The number of carboxylic acid groups (broad SMARTS) is 1. The van der Waals surface area contributed by atoms with Gasteiger partial charge < -0.3 is 15.9 Å². The number of aliphatic hydroxyl groups excluding tert-OH is 1. The Morgan fingerprint density at radius 1 is 1.05 bits per heavy atom. The van der Waals surface area contributed by atoms with Gasteiger partial charge in [-0.05, 0) is 17.7 Å². The number of nitrogens with two attached hydrogens (primary N) is 1. The van der Waals surface area contributed by atoms with Gasteiger partial charge in [-0.25, -0.2) is 4.79 Å². The predicted octanol–water partition coefficient (Wildman–Crippen LogP) is 2.55. The Labute approximate surface area is 121 Å². The second-order valence-electron chi connectivity index (χ2n) is 4.27. The predicted molar refractivity (Wildman–Crippen MR) is 79.5 cm³/mol. The normalized spacial score (nSPS) is 13.7. The van der Waals surface area contributed by atoms with E-state index >= 15 is 0 Å². The van der Waals surface area contributed by atoms with Gasteiger partial charge >= 0.3 is 5.97 Å². The van der Waals surface area contributed by atoms with E-state index in [0.29, 0.717) is 5.69 Å². The van der Waals surface area contributed by atoms with E-state index in [-0.39, 0.29) is 0 Å². The van der Waals surface area contributed by atoms with Crippen LogP contribution in [0.1, 0.15) is 10.8 Å². The number of rotatable bonds is 5. The van der Waals surface area contributed by atoms with Crippen molar-refractivity contribution in [3.8, 4) is 0 Å². The number of hydrogen-bond acceptors (Lipinski definition) is 4. The van der Waals surface area contributed by atoms with E-state index in [1.807, 2.05) is 36.4 Å². The van der Waals surface area contributed by atoms with E-state index in [1.54, 1.807) is 18.2 Å². The van der Waals surface area contributed by atoms with E-state index in [1.165, 1.54) is 11.8 Å². The first-order chi connectivity index (χ1) is 9.59. The molecule has 104 valence electrons. The van der Waals surface area contributed by atoms with E-state index in [0.717, 1.165) is 10.5 Å². The molecule has 0 saturated heterocycles. The molecule has 20 heavy (non-hydrogen) atoms. The summed E-state index contributed by atoms with van der Waals surface area (Å²) in [6.45, 7) is 0. The van der Waals surface area contributed by atoms with Crippen molar-refractivity contribution in [2.24, 2.45) is 0 Å². The molecule has 0 amide bonds. The summed E-state index contributed by atoms with van der Waals surface area (Å²) in [5.74, 6) is -1.25. The molecule has 0 aliphatic carbocycles. The van der Waals surface area contributed by atoms with Crippen molar-refractivity contribution in [2.75, 3.05) is 5.73 Å². The molecule has 2 aromatic carbocycles. The van der Waals surface area contributed by atoms with Gasteiger partial charge in [0.2, 0.25) is 0 Å². The van der Waals surface area contributed by atoms with Crippen molar-refractivity contribution in [3.05, 3.63) is 60.2 Å². The maximum atomic E-state index is 11.1. The molecule has 2 aromatic rings. The molecule has 2 atom stereocenters. The Balaban J connectivity index is 2.33. The molecule has 0 heterocycles. The lowest BCUT2D eigenvalue weighted by Gasteiger charge is -2.20. The van der Waals surface area contributed by atoms with E-state index in [4.69, 9.17) is 10.8 Å². The minimum Gasteiger partial charge on any atom is -0.479 e. The van der Waals surface area contributed by atoms with Crippen LogP contribution < -0.4 is 5.73 Å². The van der Waals surface area contributed by atoms with Crippen LogP contribution in [0.5, 0.6) is 0 Å². The Hall–Kier alpha value is -1.98. The Kier molecular flexibility index (Phi) is 4.65. The number of thioether (sulfide) groups is 1. The monoisotopic (exact) mass is 289 g/mol. The highest BCUT2D eigenvalue weighted by molar-refractivity contribution is 7.99. The zero-order valence-electron chi connectivity index (χ0n) is 10.6. The van der Waals surface area contributed by atoms with Gasteiger partial charge in [-0.2, -0.15) is 0 Å². The van der Waals surface area contributed by atoms with Crippen molar-refractivity contribution in [1.29, 1.82) is 0 Å².